The van der Waals surface area contributed by atoms with Crippen molar-refractivity contribution in [2.45, 2.75) is 52.5 Å². The van der Waals surface area contributed by atoms with E-state index in [4.69, 9.17) is 5.11 Å². The first-order chi connectivity index (χ1) is 9.54. The predicted molar refractivity (Wildman–Crippen MR) is 77.2 cm³/mol. The number of anilines is 1. The van der Waals surface area contributed by atoms with Crippen LogP contribution in [0.25, 0.3) is 0 Å². The van der Waals surface area contributed by atoms with Crippen molar-refractivity contribution < 1.29 is 15.0 Å². The molecule has 0 fully saturated rings. The Labute approximate surface area is 119 Å². The van der Waals surface area contributed by atoms with Crippen LogP contribution in [0.4, 0.5) is 5.82 Å². The molecule has 1 rings (SSSR count). The molecule has 1 unspecified atom stereocenters. The lowest BCUT2D eigenvalue weighted by atomic mass is 10.0. The molecule has 1 atom stereocenters. The maximum atomic E-state index is 11.5. The van der Waals surface area contributed by atoms with Crippen LogP contribution in [-0.4, -0.2) is 39.0 Å². The van der Waals surface area contributed by atoms with E-state index in [0.717, 1.165) is 17.7 Å². The predicted octanol–water partition coefficient (Wildman–Crippen LogP) is 1.87. The third-order valence-corrected chi connectivity index (χ3v) is 3.24. The molecule has 6 heteroatoms. The maximum absolute atomic E-state index is 11.5. The largest absolute Gasteiger partial charge is 0.478 e. The van der Waals surface area contributed by atoms with Gasteiger partial charge in [0, 0.05) is 12.6 Å². The molecule has 0 aliphatic carbocycles. The molecule has 112 valence electrons. The van der Waals surface area contributed by atoms with E-state index in [9.17, 15) is 9.90 Å². The summed E-state index contributed by atoms with van der Waals surface area (Å²) in [5.41, 5.74) is 1.69. The van der Waals surface area contributed by atoms with Gasteiger partial charge in [0.15, 0.2) is 5.82 Å². The summed E-state index contributed by atoms with van der Waals surface area (Å²) < 4.78 is 0. The number of aliphatic hydroxyl groups excluding tert-OH is 1. The van der Waals surface area contributed by atoms with Gasteiger partial charge in [0.2, 0.25) is 0 Å². The summed E-state index contributed by atoms with van der Waals surface area (Å²) >= 11 is 0. The normalized spacial score (nSPS) is 12.2. The highest BCUT2D eigenvalue weighted by Gasteiger charge is 2.21. The van der Waals surface area contributed by atoms with Gasteiger partial charge in [0.25, 0.3) is 0 Å². The molecule has 0 radical (unpaired) electrons. The molecule has 0 spiro atoms. The number of aliphatic hydroxyl groups is 1. The molecule has 0 aliphatic rings. The molecule has 6 nitrogen and oxygen atoms in total. The molecular weight excluding hydrogens is 258 g/mol. The highest BCUT2D eigenvalue weighted by molar-refractivity contribution is 5.95. The Morgan fingerprint density at radius 1 is 1.30 bits per heavy atom. The van der Waals surface area contributed by atoms with Gasteiger partial charge in [0.1, 0.15) is 5.56 Å². The van der Waals surface area contributed by atoms with Crippen LogP contribution in [0.3, 0.4) is 0 Å². The molecule has 0 amide bonds. The van der Waals surface area contributed by atoms with Crippen LogP contribution < -0.4 is 5.32 Å². The van der Waals surface area contributed by atoms with E-state index < -0.39 is 5.97 Å². The summed E-state index contributed by atoms with van der Waals surface area (Å²) in [7, 11) is 0. The Kier molecular flexibility index (Phi) is 6.38. The fourth-order valence-electron chi connectivity index (χ4n) is 2.21. The van der Waals surface area contributed by atoms with Crippen molar-refractivity contribution in [3.8, 4) is 0 Å². The maximum Gasteiger partial charge on any atom is 0.339 e. The Hall–Kier alpha value is -1.69. The molecule has 0 bridgehead atoms. The molecule has 0 saturated carbocycles. The fraction of sp³-hybridized carbons (Fsp3) is 0.643. The van der Waals surface area contributed by atoms with E-state index in [1.165, 1.54) is 0 Å². The Morgan fingerprint density at radius 3 is 2.50 bits per heavy atom. The van der Waals surface area contributed by atoms with Crippen molar-refractivity contribution >= 4 is 11.8 Å². The van der Waals surface area contributed by atoms with Gasteiger partial charge in [0.05, 0.1) is 5.69 Å². The first-order valence-electron chi connectivity index (χ1n) is 7.04. The van der Waals surface area contributed by atoms with E-state index >= 15 is 0 Å². The van der Waals surface area contributed by atoms with Crippen LogP contribution in [0.15, 0.2) is 0 Å². The topological polar surface area (TPSA) is 95.3 Å². The number of nitrogens with one attached hydrogen (secondary N) is 1. The monoisotopic (exact) mass is 281 g/mol. The summed E-state index contributed by atoms with van der Waals surface area (Å²) in [5, 5.41) is 29.5. The highest BCUT2D eigenvalue weighted by atomic mass is 16.4. The number of aromatic carboxylic acids is 1. The number of carboxylic acid groups (broad SMARTS) is 1. The number of hydrogen-bond acceptors (Lipinski definition) is 5. The van der Waals surface area contributed by atoms with Gasteiger partial charge in [-0.05, 0) is 38.2 Å². The fourth-order valence-corrected chi connectivity index (χ4v) is 2.21. The third-order valence-electron chi connectivity index (χ3n) is 3.24. The molecule has 0 saturated heterocycles. The smallest absolute Gasteiger partial charge is 0.339 e. The second-order valence-corrected chi connectivity index (χ2v) is 4.77. The molecular formula is C14H23N3O3. The van der Waals surface area contributed by atoms with Crippen molar-refractivity contribution in [1.29, 1.82) is 0 Å². The zero-order valence-corrected chi connectivity index (χ0v) is 12.3. The van der Waals surface area contributed by atoms with Crippen LogP contribution >= 0.6 is 0 Å². The minimum Gasteiger partial charge on any atom is -0.478 e. The van der Waals surface area contributed by atoms with Crippen molar-refractivity contribution in [3.63, 3.8) is 0 Å². The lowest BCUT2D eigenvalue weighted by Gasteiger charge is -2.17. The molecule has 1 heterocycles. The van der Waals surface area contributed by atoms with Crippen LogP contribution in [-0.2, 0) is 12.8 Å². The third kappa shape index (κ3) is 3.90. The number of carbonyl (C=O) groups is 1. The van der Waals surface area contributed by atoms with E-state index in [2.05, 4.69) is 15.5 Å². The molecule has 1 aromatic heterocycles. The summed E-state index contributed by atoms with van der Waals surface area (Å²) in [6, 6.07) is 0.0340. The number of aromatic nitrogens is 2. The zero-order chi connectivity index (χ0) is 15.1. The molecule has 0 aliphatic heterocycles. The Balaban J connectivity index is 3.09. The van der Waals surface area contributed by atoms with Crippen molar-refractivity contribution in [2.24, 2.45) is 0 Å². The first kappa shape index (κ1) is 16.4. The van der Waals surface area contributed by atoms with E-state index in [0.29, 0.717) is 25.1 Å². The number of carboxylic acids is 1. The SMILES string of the molecule is CCc1nnc(NC(C)CCCO)c(C(=O)O)c1CC. The lowest BCUT2D eigenvalue weighted by Crippen LogP contribution is -2.21. The minimum atomic E-state index is -0.983. The van der Waals surface area contributed by atoms with E-state index in [-0.39, 0.29) is 18.2 Å². The van der Waals surface area contributed by atoms with Crippen molar-refractivity contribution in [3.05, 3.63) is 16.8 Å². The standard InChI is InChI=1S/C14H23N3O3/c1-4-10-11(5-2)16-17-13(12(10)14(19)20)15-9(3)7-6-8-18/h9,18H,4-8H2,1-3H3,(H,15,17)(H,19,20). The molecule has 1 aromatic rings. The first-order valence-corrected chi connectivity index (χ1v) is 7.04. The summed E-state index contributed by atoms with van der Waals surface area (Å²) in [4.78, 5) is 11.5. The Morgan fingerprint density at radius 2 is 2.00 bits per heavy atom. The van der Waals surface area contributed by atoms with Gasteiger partial charge in [-0.2, -0.15) is 5.10 Å². The zero-order valence-electron chi connectivity index (χ0n) is 12.3. The Bertz CT molecular complexity index is 463. The second kappa shape index (κ2) is 7.79. The van der Waals surface area contributed by atoms with Gasteiger partial charge in [-0.3, -0.25) is 0 Å². The van der Waals surface area contributed by atoms with E-state index in [1.54, 1.807) is 0 Å². The number of hydrogen-bond donors (Lipinski definition) is 3. The molecule has 0 aromatic carbocycles. The average Bonchev–Trinajstić information content (AvgIpc) is 2.43. The minimum absolute atomic E-state index is 0.0340. The van der Waals surface area contributed by atoms with E-state index in [1.807, 2.05) is 20.8 Å². The van der Waals surface area contributed by atoms with Gasteiger partial charge < -0.3 is 15.5 Å². The van der Waals surface area contributed by atoms with Gasteiger partial charge in [-0.1, -0.05) is 13.8 Å². The lowest BCUT2D eigenvalue weighted by molar-refractivity contribution is 0.0696. The van der Waals surface area contributed by atoms with Crippen LogP contribution in [0.1, 0.15) is 55.2 Å². The number of aryl methyl sites for hydroxylation is 1. The van der Waals surface area contributed by atoms with Crippen molar-refractivity contribution in [1.82, 2.24) is 10.2 Å². The summed E-state index contributed by atoms with van der Waals surface area (Å²) in [5.74, 6) is -0.666. The quantitative estimate of drug-likeness (QED) is 0.673. The average molecular weight is 281 g/mol. The van der Waals surface area contributed by atoms with Gasteiger partial charge in [-0.15, -0.1) is 5.10 Å². The highest BCUT2D eigenvalue weighted by Crippen LogP contribution is 2.22. The van der Waals surface area contributed by atoms with Crippen molar-refractivity contribution in [2.75, 3.05) is 11.9 Å². The van der Waals surface area contributed by atoms with Gasteiger partial charge in [-0.25, -0.2) is 4.79 Å². The molecule has 3 N–H and O–H groups in total. The van der Waals surface area contributed by atoms with Crippen LogP contribution in [0.2, 0.25) is 0 Å². The second-order valence-electron chi connectivity index (χ2n) is 4.77. The van der Waals surface area contributed by atoms with Gasteiger partial charge >= 0.3 is 5.97 Å². The summed E-state index contributed by atoms with van der Waals surface area (Å²) in [6.07, 6.45) is 2.68. The van der Waals surface area contributed by atoms with Crippen LogP contribution in [0.5, 0.6) is 0 Å². The number of rotatable bonds is 8. The summed E-state index contributed by atoms with van der Waals surface area (Å²) in [6.45, 7) is 5.91. The van der Waals surface area contributed by atoms with Crippen LogP contribution in [0, 0.1) is 0 Å². The molecule has 20 heavy (non-hydrogen) atoms. The number of nitrogens with zero attached hydrogens (tertiary/aromatic N) is 2.